The number of hydrogen-bond donors (Lipinski definition) is 1. The van der Waals surface area contributed by atoms with Gasteiger partial charge in [-0.15, -0.1) is 0 Å². The van der Waals surface area contributed by atoms with E-state index in [0.29, 0.717) is 30.9 Å². The molecule has 0 saturated heterocycles. The number of nitrogens with one attached hydrogen (secondary N) is 1. The molecule has 27 heavy (non-hydrogen) atoms. The van der Waals surface area contributed by atoms with Crippen molar-refractivity contribution in [2.45, 2.75) is 32.6 Å². The Morgan fingerprint density at radius 1 is 1.19 bits per heavy atom. The minimum Gasteiger partial charge on any atom is -0.477 e. The van der Waals surface area contributed by atoms with Gasteiger partial charge in [0.25, 0.3) is 5.91 Å². The number of rotatable bonds is 8. The maximum absolute atomic E-state index is 12.8. The summed E-state index contributed by atoms with van der Waals surface area (Å²) in [5, 5.41) is 2.73. The molecule has 2 rings (SSSR count). The predicted molar refractivity (Wildman–Crippen MR) is 105 cm³/mol. The van der Waals surface area contributed by atoms with Gasteiger partial charge in [0.2, 0.25) is 15.9 Å². The number of amides is 1. The van der Waals surface area contributed by atoms with Gasteiger partial charge in [0.15, 0.2) is 0 Å². The summed E-state index contributed by atoms with van der Waals surface area (Å²) >= 11 is 0. The zero-order chi connectivity index (χ0) is 20.0. The van der Waals surface area contributed by atoms with Crippen molar-refractivity contribution in [3.05, 3.63) is 47.7 Å². The average Bonchev–Trinajstić information content (AvgIpc) is 2.64. The fourth-order valence-electron chi connectivity index (χ4n) is 2.67. The van der Waals surface area contributed by atoms with Gasteiger partial charge < -0.3 is 10.1 Å². The van der Waals surface area contributed by atoms with Crippen LogP contribution in [0.3, 0.4) is 0 Å². The van der Waals surface area contributed by atoms with Gasteiger partial charge in [-0.2, -0.15) is 4.31 Å². The van der Waals surface area contributed by atoms with Crippen LogP contribution in [0.4, 0.5) is 5.69 Å². The third-order valence-corrected chi connectivity index (χ3v) is 6.26. The van der Waals surface area contributed by atoms with E-state index in [1.54, 1.807) is 58.2 Å². The van der Waals surface area contributed by atoms with Gasteiger partial charge in [-0.1, -0.05) is 19.9 Å². The average molecular weight is 391 g/mol. The van der Waals surface area contributed by atoms with E-state index in [1.165, 1.54) is 10.4 Å². The first kappa shape index (κ1) is 20.9. The van der Waals surface area contributed by atoms with Crippen molar-refractivity contribution in [2.24, 2.45) is 0 Å². The molecule has 1 amide bonds. The van der Waals surface area contributed by atoms with Gasteiger partial charge in [-0.05, 0) is 43.7 Å². The Morgan fingerprint density at radius 2 is 1.89 bits per heavy atom. The first-order chi connectivity index (χ1) is 12.8. The Kier molecular flexibility index (Phi) is 6.92. The van der Waals surface area contributed by atoms with Crippen LogP contribution in [0.1, 0.15) is 36.7 Å². The van der Waals surface area contributed by atoms with E-state index in [9.17, 15) is 13.2 Å². The molecule has 0 aliphatic rings. The lowest BCUT2D eigenvalue weighted by atomic mass is 10.2. The van der Waals surface area contributed by atoms with Crippen LogP contribution in [-0.2, 0) is 10.0 Å². The SMILES string of the molecule is CCOc1ncccc1C(=O)Nc1ccc(C)c(S(=O)(=O)N(CC)CC)c1. The van der Waals surface area contributed by atoms with Crippen molar-refractivity contribution in [2.75, 3.05) is 25.0 Å². The molecule has 0 radical (unpaired) electrons. The fraction of sp³-hybridized carbons (Fsp3) is 0.368. The molecule has 0 spiro atoms. The number of carbonyl (C=O) groups is 1. The Bertz CT molecular complexity index is 909. The standard InChI is InChI=1S/C19H25N3O4S/c1-5-22(6-2)27(24,25)17-13-15(11-10-14(17)4)21-18(23)16-9-8-12-20-19(16)26-7-3/h8-13H,5-7H2,1-4H3,(H,21,23). The van der Waals surface area contributed by atoms with Crippen LogP contribution in [0, 0.1) is 6.92 Å². The van der Waals surface area contributed by atoms with Crippen LogP contribution in [0.25, 0.3) is 0 Å². The summed E-state index contributed by atoms with van der Waals surface area (Å²) in [6, 6.07) is 8.08. The maximum Gasteiger partial charge on any atom is 0.261 e. The number of carbonyl (C=O) groups excluding carboxylic acids is 1. The second-order valence-electron chi connectivity index (χ2n) is 5.81. The van der Waals surface area contributed by atoms with Crippen molar-refractivity contribution < 1.29 is 17.9 Å². The van der Waals surface area contributed by atoms with Gasteiger partial charge in [0, 0.05) is 25.0 Å². The van der Waals surface area contributed by atoms with E-state index in [-0.39, 0.29) is 16.3 Å². The quantitative estimate of drug-likeness (QED) is 0.747. The number of pyridine rings is 1. The van der Waals surface area contributed by atoms with E-state index in [0.717, 1.165) is 0 Å². The molecular weight excluding hydrogens is 366 g/mol. The molecule has 0 unspecified atom stereocenters. The first-order valence-corrected chi connectivity index (χ1v) is 10.3. The van der Waals surface area contributed by atoms with Crippen LogP contribution in [0.2, 0.25) is 0 Å². The number of anilines is 1. The number of sulfonamides is 1. The normalized spacial score (nSPS) is 11.4. The van der Waals surface area contributed by atoms with Crippen molar-refractivity contribution in [1.82, 2.24) is 9.29 Å². The maximum atomic E-state index is 12.8. The highest BCUT2D eigenvalue weighted by Gasteiger charge is 2.24. The molecule has 7 nitrogen and oxygen atoms in total. The summed E-state index contributed by atoms with van der Waals surface area (Å²) < 4.78 is 32.5. The highest BCUT2D eigenvalue weighted by molar-refractivity contribution is 7.89. The molecule has 0 saturated carbocycles. The van der Waals surface area contributed by atoms with Crippen molar-refractivity contribution >= 4 is 21.6 Å². The monoisotopic (exact) mass is 391 g/mol. The third kappa shape index (κ3) is 4.64. The third-order valence-electron chi connectivity index (χ3n) is 4.07. The van der Waals surface area contributed by atoms with Crippen LogP contribution < -0.4 is 10.1 Å². The van der Waals surface area contributed by atoms with Crippen LogP contribution in [-0.4, -0.2) is 43.3 Å². The molecule has 0 atom stereocenters. The molecule has 146 valence electrons. The molecule has 1 heterocycles. The molecular formula is C19H25N3O4S. The second kappa shape index (κ2) is 8.96. The summed E-state index contributed by atoms with van der Waals surface area (Å²) in [7, 11) is -3.63. The van der Waals surface area contributed by atoms with Crippen molar-refractivity contribution in [3.63, 3.8) is 0 Å². The number of benzene rings is 1. The zero-order valence-electron chi connectivity index (χ0n) is 16.0. The molecule has 1 N–H and O–H groups in total. The number of aryl methyl sites for hydroxylation is 1. The van der Waals surface area contributed by atoms with Gasteiger partial charge in [0.05, 0.1) is 11.5 Å². The molecule has 8 heteroatoms. The summed E-state index contributed by atoms with van der Waals surface area (Å²) in [6.45, 7) is 8.26. The van der Waals surface area contributed by atoms with Crippen LogP contribution in [0.15, 0.2) is 41.4 Å². The molecule has 1 aromatic heterocycles. The van der Waals surface area contributed by atoms with E-state index < -0.39 is 15.9 Å². The molecule has 2 aromatic rings. The number of ether oxygens (including phenoxy) is 1. The molecule has 0 aliphatic carbocycles. The van der Waals surface area contributed by atoms with E-state index >= 15 is 0 Å². The predicted octanol–water partition coefficient (Wildman–Crippen LogP) is 3.07. The van der Waals surface area contributed by atoms with E-state index in [4.69, 9.17) is 4.74 Å². The lowest BCUT2D eigenvalue weighted by Crippen LogP contribution is -2.31. The lowest BCUT2D eigenvalue weighted by Gasteiger charge is -2.20. The van der Waals surface area contributed by atoms with E-state index in [2.05, 4.69) is 10.3 Å². The molecule has 0 aliphatic heterocycles. The van der Waals surface area contributed by atoms with Crippen LogP contribution >= 0.6 is 0 Å². The minimum atomic E-state index is -3.63. The lowest BCUT2D eigenvalue weighted by molar-refractivity contribution is 0.102. The first-order valence-electron chi connectivity index (χ1n) is 8.85. The topological polar surface area (TPSA) is 88.6 Å². The van der Waals surface area contributed by atoms with Gasteiger partial charge >= 0.3 is 0 Å². The Hall–Kier alpha value is -2.45. The number of aromatic nitrogens is 1. The largest absolute Gasteiger partial charge is 0.477 e. The number of nitrogens with zero attached hydrogens (tertiary/aromatic N) is 2. The number of hydrogen-bond acceptors (Lipinski definition) is 5. The Labute approximate surface area is 160 Å². The van der Waals surface area contributed by atoms with Crippen LogP contribution in [0.5, 0.6) is 5.88 Å². The van der Waals surface area contributed by atoms with Gasteiger partial charge in [-0.3, -0.25) is 4.79 Å². The van der Waals surface area contributed by atoms with E-state index in [1.807, 2.05) is 0 Å². The Morgan fingerprint density at radius 3 is 2.52 bits per heavy atom. The van der Waals surface area contributed by atoms with Crippen molar-refractivity contribution in [3.8, 4) is 5.88 Å². The summed E-state index contributed by atoms with van der Waals surface area (Å²) in [4.78, 5) is 16.9. The smallest absolute Gasteiger partial charge is 0.261 e. The minimum absolute atomic E-state index is 0.181. The second-order valence-corrected chi connectivity index (χ2v) is 7.72. The summed E-state index contributed by atoms with van der Waals surface area (Å²) in [6.07, 6.45) is 1.54. The highest BCUT2D eigenvalue weighted by Crippen LogP contribution is 2.24. The fourth-order valence-corrected chi connectivity index (χ4v) is 4.38. The Balaban J connectivity index is 2.35. The molecule has 0 bridgehead atoms. The molecule has 1 aromatic carbocycles. The summed E-state index contributed by atoms with van der Waals surface area (Å²) in [5.41, 5.74) is 1.30. The van der Waals surface area contributed by atoms with Gasteiger partial charge in [0.1, 0.15) is 5.56 Å². The summed E-state index contributed by atoms with van der Waals surface area (Å²) in [5.74, 6) is -0.179. The van der Waals surface area contributed by atoms with Gasteiger partial charge in [-0.25, -0.2) is 13.4 Å². The highest BCUT2D eigenvalue weighted by atomic mass is 32.2. The zero-order valence-corrected chi connectivity index (χ0v) is 16.8. The molecule has 0 fully saturated rings. The van der Waals surface area contributed by atoms with Crippen molar-refractivity contribution in [1.29, 1.82) is 0 Å².